The van der Waals surface area contributed by atoms with E-state index in [0.29, 0.717) is 17.7 Å². The summed E-state index contributed by atoms with van der Waals surface area (Å²) in [5, 5.41) is 11.7. The van der Waals surface area contributed by atoms with E-state index in [1.807, 2.05) is 0 Å². The molecule has 118 valence electrons. The van der Waals surface area contributed by atoms with Gasteiger partial charge in [0.15, 0.2) is 0 Å². The first-order chi connectivity index (χ1) is 10.6. The van der Waals surface area contributed by atoms with Crippen LogP contribution in [0.4, 0.5) is 0 Å². The van der Waals surface area contributed by atoms with Crippen molar-refractivity contribution in [2.24, 2.45) is 11.8 Å². The highest BCUT2D eigenvalue weighted by atomic mass is 16.1. The molecule has 0 spiro atoms. The van der Waals surface area contributed by atoms with Crippen molar-refractivity contribution in [1.82, 2.24) is 10.2 Å². The number of piperidine rings is 1. The lowest BCUT2D eigenvalue weighted by atomic mass is 9.92. The summed E-state index contributed by atoms with van der Waals surface area (Å²) in [4.78, 5) is 14.5. The highest BCUT2D eigenvalue weighted by Gasteiger charge is 2.21. The number of benzene rings is 1. The van der Waals surface area contributed by atoms with Crippen LogP contribution in [0.3, 0.4) is 0 Å². The second kappa shape index (κ2) is 7.95. The molecule has 0 saturated carbocycles. The maximum Gasteiger partial charge on any atom is 0.251 e. The highest BCUT2D eigenvalue weighted by molar-refractivity contribution is 5.94. The first-order valence-electron chi connectivity index (χ1n) is 8.09. The summed E-state index contributed by atoms with van der Waals surface area (Å²) in [7, 11) is 0. The number of carbonyl (C=O) groups is 1. The van der Waals surface area contributed by atoms with E-state index in [2.05, 4.69) is 30.1 Å². The molecule has 1 N–H and O–H groups in total. The summed E-state index contributed by atoms with van der Waals surface area (Å²) in [6.45, 7) is 8.72. The molecular formula is C18H25N3O. The number of hydrogen-bond donors (Lipinski definition) is 1. The number of hydrogen-bond acceptors (Lipinski definition) is 3. The van der Waals surface area contributed by atoms with Crippen molar-refractivity contribution < 1.29 is 4.79 Å². The minimum Gasteiger partial charge on any atom is -0.352 e. The molecule has 4 nitrogen and oxygen atoms in total. The van der Waals surface area contributed by atoms with Gasteiger partial charge in [0.1, 0.15) is 0 Å². The molecule has 0 aromatic heterocycles. The molecule has 0 bridgehead atoms. The van der Waals surface area contributed by atoms with Crippen molar-refractivity contribution in [2.75, 3.05) is 26.2 Å². The Labute approximate surface area is 133 Å². The fourth-order valence-electron chi connectivity index (χ4n) is 3.28. The van der Waals surface area contributed by atoms with Gasteiger partial charge in [-0.3, -0.25) is 4.79 Å². The standard InChI is InChI=1S/C18H25N3O/c1-14-10-15(2)13-21(12-14)9-3-8-20-18(22)17-6-4-16(11-19)5-7-17/h4-7,14-15H,3,8-10,12-13H2,1-2H3,(H,20,22)/t14-,15+. The zero-order valence-electron chi connectivity index (χ0n) is 13.5. The van der Waals surface area contributed by atoms with Crippen LogP contribution in [-0.4, -0.2) is 37.0 Å². The van der Waals surface area contributed by atoms with Crippen LogP contribution in [0.2, 0.25) is 0 Å². The van der Waals surface area contributed by atoms with Gasteiger partial charge < -0.3 is 10.2 Å². The Bertz CT molecular complexity index is 522. The molecule has 4 heteroatoms. The van der Waals surface area contributed by atoms with E-state index in [1.165, 1.54) is 19.5 Å². The molecule has 22 heavy (non-hydrogen) atoms. The largest absolute Gasteiger partial charge is 0.352 e. The molecule has 1 aromatic rings. The minimum atomic E-state index is -0.0649. The summed E-state index contributed by atoms with van der Waals surface area (Å²) in [6.07, 6.45) is 2.30. The quantitative estimate of drug-likeness (QED) is 0.850. The monoisotopic (exact) mass is 299 g/mol. The van der Waals surface area contributed by atoms with Gasteiger partial charge in [-0.25, -0.2) is 0 Å². The Morgan fingerprint density at radius 3 is 2.50 bits per heavy atom. The number of nitriles is 1. The summed E-state index contributed by atoms with van der Waals surface area (Å²) < 4.78 is 0. The molecule has 1 heterocycles. The van der Waals surface area contributed by atoms with Crippen molar-refractivity contribution in [3.8, 4) is 6.07 Å². The smallest absolute Gasteiger partial charge is 0.251 e. The normalized spacial score (nSPS) is 22.0. The van der Waals surface area contributed by atoms with E-state index in [-0.39, 0.29) is 5.91 Å². The Hall–Kier alpha value is -1.86. The van der Waals surface area contributed by atoms with Crippen LogP contribution in [0.15, 0.2) is 24.3 Å². The topological polar surface area (TPSA) is 56.1 Å². The van der Waals surface area contributed by atoms with Crippen LogP contribution in [0, 0.1) is 23.2 Å². The third-order valence-corrected chi connectivity index (χ3v) is 4.16. The van der Waals surface area contributed by atoms with Gasteiger partial charge in [-0.05, 0) is 55.5 Å². The third kappa shape index (κ3) is 4.85. The maximum atomic E-state index is 12.0. The van der Waals surface area contributed by atoms with Crippen molar-refractivity contribution in [1.29, 1.82) is 5.26 Å². The van der Waals surface area contributed by atoms with Crippen molar-refractivity contribution in [2.45, 2.75) is 26.7 Å². The van der Waals surface area contributed by atoms with Gasteiger partial charge in [-0.15, -0.1) is 0 Å². The van der Waals surface area contributed by atoms with Crippen LogP contribution in [0.1, 0.15) is 42.6 Å². The molecule has 0 radical (unpaired) electrons. The van der Waals surface area contributed by atoms with Gasteiger partial charge in [0.05, 0.1) is 11.6 Å². The van der Waals surface area contributed by atoms with E-state index < -0.39 is 0 Å². The number of likely N-dealkylation sites (tertiary alicyclic amines) is 1. The highest BCUT2D eigenvalue weighted by Crippen LogP contribution is 2.20. The average molecular weight is 299 g/mol. The number of amides is 1. The first kappa shape index (κ1) is 16.5. The predicted octanol–water partition coefficient (Wildman–Crippen LogP) is 2.66. The molecular weight excluding hydrogens is 274 g/mol. The SMILES string of the molecule is C[C@@H]1C[C@H](C)CN(CCCNC(=O)c2ccc(C#N)cc2)C1. The lowest BCUT2D eigenvalue weighted by Gasteiger charge is -2.34. The fraction of sp³-hybridized carbons (Fsp3) is 0.556. The van der Waals surface area contributed by atoms with Crippen LogP contribution < -0.4 is 5.32 Å². The summed E-state index contributed by atoms with van der Waals surface area (Å²) in [6, 6.07) is 8.79. The second-order valence-corrected chi connectivity index (χ2v) is 6.50. The molecule has 1 amide bonds. The summed E-state index contributed by atoms with van der Waals surface area (Å²) >= 11 is 0. The van der Waals surface area contributed by atoms with Crippen LogP contribution >= 0.6 is 0 Å². The number of rotatable bonds is 5. The Kier molecular flexibility index (Phi) is 5.97. The molecule has 1 aromatic carbocycles. The molecule has 2 atom stereocenters. The first-order valence-corrected chi connectivity index (χ1v) is 8.09. The van der Waals surface area contributed by atoms with Gasteiger partial charge in [0, 0.05) is 25.2 Å². The predicted molar refractivity (Wildman–Crippen MR) is 87.5 cm³/mol. The zero-order valence-corrected chi connectivity index (χ0v) is 13.5. The van der Waals surface area contributed by atoms with Crippen molar-refractivity contribution in [3.05, 3.63) is 35.4 Å². The van der Waals surface area contributed by atoms with Crippen LogP contribution in [0.25, 0.3) is 0 Å². The fourth-order valence-corrected chi connectivity index (χ4v) is 3.28. The van der Waals surface area contributed by atoms with Crippen LogP contribution in [-0.2, 0) is 0 Å². The second-order valence-electron chi connectivity index (χ2n) is 6.50. The van der Waals surface area contributed by atoms with Gasteiger partial charge in [0.2, 0.25) is 0 Å². The lowest BCUT2D eigenvalue weighted by Crippen LogP contribution is -2.40. The number of nitrogens with one attached hydrogen (secondary N) is 1. The maximum absolute atomic E-state index is 12.0. The minimum absolute atomic E-state index is 0.0649. The van der Waals surface area contributed by atoms with Gasteiger partial charge >= 0.3 is 0 Å². The number of carbonyl (C=O) groups excluding carboxylic acids is 1. The molecule has 0 unspecified atom stereocenters. The van der Waals surface area contributed by atoms with Gasteiger partial charge in [0.25, 0.3) is 5.91 Å². The van der Waals surface area contributed by atoms with E-state index in [9.17, 15) is 4.79 Å². The molecule has 1 aliphatic heterocycles. The average Bonchev–Trinajstić information content (AvgIpc) is 2.50. The Morgan fingerprint density at radius 1 is 1.27 bits per heavy atom. The Balaban J connectivity index is 1.69. The third-order valence-electron chi connectivity index (χ3n) is 4.16. The molecule has 0 aliphatic carbocycles. The number of nitrogens with zero attached hydrogens (tertiary/aromatic N) is 2. The van der Waals surface area contributed by atoms with Gasteiger partial charge in [-0.1, -0.05) is 13.8 Å². The van der Waals surface area contributed by atoms with Crippen LogP contribution in [0.5, 0.6) is 0 Å². The zero-order chi connectivity index (χ0) is 15.9. The molecule has 1 saturated heterocycles. The van der Waals surface area contributed by atoms with E-state index in [0.717, 1.165) is 24.8 Å². The van der Waals surface area contributed by atoms with Crippen molar-refractivity contribution in [3.63, 3.8) is 0 Å². The van der Waals surface area contributed by atoms with E-state index >= 15 is 0 Å². The van der Waals surface area contributed by atoms with Gasteiger partial charge in [-0.2, -0.15) is 5.26 Å². The Morgan fingerprint density at radius 2 is 1.91 bits per heavy atom. The molecule has 2 rings (SSSR count). The molecule has 1 aliphatic rings. The van der Waals surface area contributed by atoms with Crippen molar-refractivity contribution >= 4 is 5.91 Å². The lowest BCUT2D eigenvalue weighted by molar-refractivity contribution is 0.0947. The van der Waals surface area contributed by atoms with E-state index in [1.54, 1.807) is 24.3 Å². The summed E-state index contributed by atoms with van der Waals surface area (Å²) in [5.74, 6) is 1.49. The summed E-state index contributed by atoms with van der Waals surface area (Å²) in [5.41, 5.74) is 1.18. The van der Waals surface area contributed by atoms with E-state index in [4.69, 9.17) is 5.26 Å². The molecule has 1 fully saturated rings.